The summed E-state index contributed by atoms with van der Waals surface area (Å²) in [5.74, 6) is 0.00451. The number of benzene rings is 3. The molecule has 0 radical (unpaired) electrons. The second-order valence-corrected chi connectivity index (χ2v) is 8.39. The molecule has 166 valence electrons. The molecule has 0 saturated carbocycles. The molecule has 1 aliphatic heterocycles. The van der Waals surface area contributed by atoms with Crippen LogP contribution in [0.25, 0.3) is 11.0 Å². The van der Waals surface area contributed by atoms with Gasteiger partial charge in [0, 0.05) is 37.4 Å². The zero-order chi connectivity index (χ0) is 22.8. The van der Waals surface area contributed by atoms with Crippen LogP contribution >= 0.6 is 0 Å². The quantitative estimate of drug-likeness (QED) is 0.487. The van der Waals surface area contributed by atoms with Crippen LogP contribution in [0.15, 0.2) is 83.7 Å². The Kier molecular flexibility index (Phi) is 5.65. The van der Waals surface area contributed by atoms with Crippen LogP contribution in [0.2, 0.25) is 0 Å². The fourth-order valence-corrected chi connectivity index (χ4v) is 4.42. The topological polar surface area (TPSA) is 58.4 Å². The standard InChI is InChI=1S/C27H26N4O2/c1-20-26(32)31(19-21-8-4-2-5-9-21)25-13-12-22(18-24(25)28-20)27(33)30-16-14-29(15-17-30)23-10-6-3-7-11-23/h2-13,18H,14-17,19H2,1H3. The molecule has 6 heteroatoms. The molecule has 0 unspecified atom stereocenters. The summed E-state index contributed by atoms with van der Waals surface area (Å²) in [6.07, 6.45) is 0. The number of carbonyl (C=O) groups excluding carboxylic acids is 1. The predicted octanol–water partition coefficient (Wildman–Crippen LogP) is 3.72. The molecule has 6 nitrogen and oxygen atoms in total. The molecule has 1 saturated heterocycles. The van der Waals surface area contributed by atoms with Gasteiger partial charge in [-0.2, -0.15) is 0 Å². The normalized spacial score (nSPS) is 14.0. The van der Waals surface area contributed by atoms with E-state index in [1.165, 1.54) is 5.69 Å². The number of aryl methyl sites for hydroxylation is 1. The van der Waals surface area contributed by atoms with Gasteiger partial charge in [-0.1, -0.05) is 48.5 Å². The maximum Gasteiger partial charge on any atom is 0.272 e. The minimum Gasteiger partial charge on any atom is -0.368 e. The first-order valence-electron chi connectivity index (χ1n) is 11.2. The van der Waals surface area contributed by atoms with Crippen molar-refractivity contribution < 1.29 is 4.79 Å². The Morgan fingerprint density at radius 3 is 2.24 bits per heavy atom. The van der Waals surface area contributed by atoms with Crippen molar-refractivity contribution in [2.24, 2.45) is 0 Å². The highest BCUT2D eigenvalue weighted by Crippen LogP contribution is 2.19. The summed E-state index contributed by atoms with van der Waals surface area (Å²) >= 11 is 0. The zero-order valence-electron chi connectivity index (χ0n) is 18.6. The van der Waals surface area contributed by atoms with Gasteiger partial charge in [-0.15, -0.1) is 0 Å². The maximum atomic E-state index is 13.2. The number of piperazine rings is 1. The molecule has 33 heavy (non-hydrogen) atoms. The summed E-state index contributed by atoms with van der Waals surface area (Å²) < 4.78 is 1.74. The number of hydrogen-bond acceptors (Lipinski definition) is 4. The van der Waals surface area contributed by atoms with Crippen LogP contribution in [0.3, 0.4) is 0 Å². The summed E-state index contributed by atoms with van der Waals surface area (Å²) in [4.78, 5) is 34.8. The Balaban J connectivity index is 1.39. The van der Waals surface area contributed by atoms with E-state index in [-0.39, 0.29) is 11.5 Å². The lowest BCUT2D eigenvalue weighted by molar-refractivity contribution is 0.0747. The van der Waals surface area contributed by atoms with E-state index in [2.05, 4.69) is 22.0 Å². The first-order valence-corrected chi connectivity index (χ1v) is 11.2. The summed E-state index contributed by atoms with van der Waals surface area (Å²) in [6.45, 7) is 5.14. The molecule has 4 aromatic rings. The van der Waals surface area contributed by atoms with Crippen molar-refractivity contribution in [2.75, 3.05) is 31.1 Å². The molecule has 5 rings (SSSR count). The van der Waals surface area contributed by atoms with Gasteiger partial charge in [-0.25, -0.2) is 4.98 Å². The Morgan fingerprint density at radius 2 is 1.55 bits per heavy atom. The molecular formula is C27H26N4O2. The van der Waals surface area contributed by atoms with E-state index in [1.54, 1.807) is 11.5 Å². The minimum atomic E-state index is -0.109. The number of rotatable bonds is 4. The van der Waals surface area contributed by atoms with E-state index in [9.17, 15) is 9.59 Å². The average molecular weight is 439 g/mol. The smallest absolute Gasteiger partial charge is 0.272 e. The van der Waals surface area contributed by atoms with E-state index in [1.807, 2.05) is 71.6 Å². The van der Waals surface area contributed by atoms with Crippen LogP contribution in [0, 0.1) is 6.92 Å². The monoisotopic (exact) mass is 438 g/mol. The Bertz CT molecular complexity index is 1340. The number of carbonyl (C=O) groups is 1. The van der Waals surface area contributed by atoms with Gasteiger partial charge in [0.15, 0.2) is 0 Å². The highest BCUT2D eigenvalue weighted by Gasteiger charge is 2.23. The third-order valence-electron chi connectivity index (χ3n) is 6.23. The fraction of sp³-hybridized carbons (Fsp3) is 0.222. The summed E-state index contributed by atoms with van der Waals surface area (Å²) in [5.41, 5.74) is 4.56. The van der Waals surface area contributed by atoms with Crippen LogP contribution in [0.5, 0.6) is 0 Å². The van der Waals surface area contributed by atoms with Crippen molar-refractivity contribution in [2.45, 2.75) is 13.5 Å². The number of hydrogen-bond donors (Lipinski definition) is 0. The van der Waals surface area contributed by atoms with Crippen molar-refractivity contribution in [3.63, 3.8) is 0 Å². The third kappa shape index (κ3) is 4.24. The first kappa shape index (κ1) is 20.9. The van der Waals surface area contributed by atoms with Crippen LogP contribution in [-0.4, -0.2) is 46.5 Å². The van der Waals surface area contributed by atoms with E-state index in [4.69, 9.17) is 0 Å². The zero-order valence-corrected chi connectivity index (χ0v) is 18.6. The molecule has 1 aliphatic rings. The summed E-state index contributed by atoms with van der Waals surface area (Å²) in [6, 6.07) is 25.6. The lowest BCUT2D eigenvalue weighted by Crippen LogP contribution is -2.48. The number of aromatic nitrogens is 2. The van der Waals surface area contributed by atoms with Crippen LogP contribution in [0.1, 0.15) is 21.6 Å². The number of amides is 1. The van der Waals surface area contributed by atoms with Gasteiger partial charge in [0.1, 0.15) is 5.69 Å². The second-order valence-electron chi connectivity index (χ2n) is 8.39. The van der Waals surface area contributed by atoms with Gasteiger partial charge in [-0.05, 0) is 42.8 Å². The number of fused-ring (bicyclic) bond motifs is 1. The molecule has 3 aromatic carbocycles. The van der Waals surface area contributed by atoms with Crippen molar-refractivity contribution in [3.8, 4) is 0 Å². The molecule has 0 bridgehead atoms. The van der Waals surface area contributed by atoms with Crippen molar-refractivity contribution in [1.82, 2.24) is 14.5 Å². The molecule has 0 atom stereocenters. The molecule has 1 fully saturated rings. The van der Waals surface area contributed by atoms with Gasteiger partial charge >= 0.3 is 0 Å². The molecule has 0 aliphatic carbocycles. The molecule has 1 amide bonds. The van der Waals surface area contributed by atoms with Gasteiger partial charge < -0.3 is 14.4 Å². The Hall–Kier alpha value is -3.93. The van der Waals surface area contributed by atoms with Gasteiger partial charge in [0.25, 0.3) is 11.5 Å². The summed E-state index contributed by atoms with van der Waals surface area (Å²) in [5, 5.41) is 0. The average Bonchev–Trinajstić information content (AvgIpc) is 2.87. The van der Waals surface area contributed by atoms with Crippen molar-refractivity contribution in [3.05, 3.63) is 106 Å². The molecule has 0 spiro atoms. The summed E-state index contributed by atoms with van der Waals surface area (Å²) in [7, 11) is 0. The van der Waals surface area contributed by atoms with Crippen LogP contribution in [0.4, 0.5) is 5.69 Å². The Morgan fingerprint density at radius 1 is 0.879 bits per heavy atom. The fourth-order valence-electron chi connectivity index (χ4n) is 4.42. The number of nitrogens with zero attached hydrogens (tertiary/aromatic N) is 4. The van der Waals surface area contributed by atoms with Gasteiger partial charge in [-0.3, -0.25) is 9.59 Å². The van der Waals surface area contributed by atoms with E-state index in [0.29, 0.717) is 36.4 Å². The van der Waals surface area contributed by atoms with Crippen LogP contribution < -0.4 is 10.5 Å². The van der Waals surface area contributed by atoms with E-state index in [0.717, 1.165) is 24.2 Å². The van der Waals surface area contributed by atoms with Gasteiger partial charge in [0.05, 0.1) is 17.6 Å². The Labute approximate surface area is 192 Å². The second kappa shape index (κ2) is 8.90. The SMILES string of the molecule is Cc1nc2cc(C(=O)N3CCN(c4ccccc4)CC3)ccc2n(Cc2ccccc2)c1=O. The predicted molar refractivity (Wildman–Crippen MR) is 131 cm³/mol. The lowest BCUT2D eigenvalue weighted by atomic mass is 10.1. The first-order chi connectivity index (χ1) is 16.1. The molecule has 1 aromatic heterocycles. The third-order valence-corrected chi connectivity index (χ3v) is 6.23. The van der Waals surface area contributed by atoms with Crippen LogP contribution in [-0.2, 0) is 6.54 Å². The van der Waals surface area contributed by atoms with E-state index < -0.39 is 0 Å². The molecule has 2 heterocycles. The highest BCUT2D eigenvalue weighted by atomic mass is 16.2. The molecule has 0 N–H and O–H groups in total. The number of anilines is 1. The van der Waals surface area contributed by atoms with E-state index >= 15 is 0 Å². The highest BCUT2D eigenvalue weighted by molar-refractivity contribution is 5.97. The van der Waals surface area contributed by atoms with Crippen molar-refractivity contribution in [1.29, 1.82) is 0 Å². The lowest BCUT2D eigenvalue weighted by Gasteiger charge is -2.36. The van der Waals surface area contributed by atoms with Gasteiger partial charge in [0.2, 0.25) is 0 Å². The molecular weight excluding hydrogens is 412 g/mol. The largest absolute Gasteiger partial charge is 0.368 e. The maximum absolute atomic E-state index is 13.2. The minimum absolute atomic E-state index is 0.00451. The van der Waals surface area contributed by atoms with Crippen molar-refractivity contribution >= 4 is 22.6 Å². The number of para-hydroxylation sites is 1.